The van der Waals surface area contributed by atoms with E-state index < -0.39 is 0 Å². The molecule has 0 radical (unpaired) electrons. The molecule has 0 aliphatic carbocycles. The Bertz CT molecular complexity index is 527. The Kier molecular flexibility index (Phi) is 4.34. The Morgan fingerprint density at radius 2 is 1.78 bits per heavy atom. The molecular weight excluding hydrogens is 271 g/mol. The van der Waals surface area contributed by atoms with Crippen molar-refractivity contribution >= 4 is 23.2 Å². The van der Waals surface area contributed by atoms with Crippen LogP contribution in [0.5, 0.6) is 11.5 Å². The van der Waals surface area contributed by atoms with Gasteiger partial charge in [-0.15, -0.1) is 0 Å². The molecule has 2 rings (SSSR count). The first-order valence-electron chi connectivity index (χ1n) is 5.40. The Morgan fingerprint density at radius 1 is 1.06 bits per heavy atom. The second-order valence-corrected chi connectivity index (χ2v) is 4.48. The third-order valence-electron chi connectivity index (χ3n) is 2.44. The van der Waals surface area contributed by atoms with Crippen LogP contribution in [0.4, 0.5) is 0 Å². The second kappa shape index (κ2) is 5.98. The van der Waals surface area contributed by atoms with Crippen LogP contribution in [0.25, 0.3) is 0 Å². The second-order valence-electron chi connectivity index (χ2n) is 3.70. The van der Waals surface area contributed by atoms with Crippen LogP contribution >= 0.6 is 23.2 Å². The Balaban J connectivity index is 2.13. The highest BCUT2D eigenvalue weighted by molar-refractivity contribution is 6.43. The maximum Gasteiger partial charge on any atom is 0.142 e. The summed E-state index contributed by atoms with van der Waals surface area (Å²) >= 11 is 12.0. The monoisotopic (exact) mass is 282 g/mol. The van der Waals surface area contributed by atoms with Crippen LogP contribution in [0.3, 0.4) is 0 Å². The molecule has 0 fully saturated rings. The van der Waals surface area contributed by atoms with Crippen LogP contribution in [-0.2, 0) is 6.61 Å². The predicted molar refractivity (Wildman–Crippen MR) is 73.8 cm³/mol. The molecule has 18 heavy (non-hydrogen) atoms. The first-order valence-corrected chi connectivity index (χ1v) is 6.16. The quantitative estimate of drug-likeness (QED) is 0.817. The molecule has 0 saturated carbocycles. The van der Waals surface area contributed by atoms with E-state index in [9.17, 15) is 0 Å². The summed E-state index contributed by atoms with van der Waals surface area (Å²) in [5.74, 6) is 1.14. The van der Waals surface area contributed by atoms with E-state index in [4.69, 9.17) is 32.7 Å². The van der Waals surface area contributed by atoms with Gasteiger partial charge in [0.2, 0.25) is 0 Å². The van der Waals surface area contributed by atoms with E-state index in [-0.39, 0.29) is 0 Å². The molecule has 0 atom stereocenters. The fraction of sp³-hybridized carbons (Fsp3) is 0.143. The summed E-state index contributed by atoms with van der Waals surface area (Å²) in [4.78, 5) is 0. The van der Waals surface area contributed by atoms with Gasteiger partial charge < -0.3 is 9.47 Å². The third-order valence-corrected chi connectivity index (χ3v) is 3.22. The first-order chi connectivity index (χ1) is 8.70. The van der Waals surface area contributed by atoms with E-state index in [1.165, 1.54) is 0 Å². The van der Waals surface area contributed by atoms with Gasteiger partial charge in [-0.25, -0.2) is 0 Å². The Labute approximate surface area is 116 Å². The highest BCUT2D eigenvalue weighted by atomic mass is 35.5. The topological polar surface area (TPSA) is 18.5 Å². The molecule has 0 bridgehead atoms. The summed E-state index contributed by atoms with van der Waals surface area (Å²) in [6, 6.07) is 13.3. The minimum Gasteiger partial charge on any atom is -0.495 e. The molecule has 0 spiro atoms. The molecule has 0 amide bonds. The summed E-state index contributed by atoms with van der Waals surface area (Å²) in [7, 11) is 1.54. The largest absolute Gasteiger partial charge is 0.495 e. The molecular formula is C14H12Cl2O2. The van der Waals surface area contributed by atoms with E-state index >= 15 is 0 Å². The number of halogens is 2. The number of ether oxygens (including phenoxy) is 2. The third kappa shape index (κ3) is 3.09. The maximum absolute atomic E-state index is 5.99. The van der Waals surface area contributed by atoms with Crippen molar-refractivity contribution < 1.29 is 9.47 Å². The van der Waals surface area contributed by atoms with E-state index in [1.807, 2.05) is 30.3 Å². The minimum atomic E-state index is 0.395. The van der Waals surface area contributed by atoms with Crippen LogP contribution < -0.4 is 9.47 Å². The molecule has 2 aromatic carbocycles. The fourth-order valence-corrected chi connectivity index (χ4v) is 1.90. The van der Waals surface area contributed by atoms with Crippen molar-refractivity contribution in [2.24, 2.45) is 0 Å². The van der Waals surface area contributed by atoms with Crippen molar-refractivity contribution in [2.75, 3.05) is 7.11 Å². The van der Waals surface area contributed by atoms with Crippen LogP contribution in [0.2, 0.25) is 10.0 Å². The SMILES string of the molecule is COc1cc(OCc2ccccc2)cc(Cl)c1Cl. The summed E-state index contributed by atoms with van der Waals surface area (Å²) in [5, 5.41) is 0.810. The maximum atomic E-state index is 5.99. The summed E-state index contributed by atoms with van der Waals surface area (Å²) in [6.45, 7) is 0.474. The Hall–Kier alpha value is -1.38. The van der Waals surface area contributed by atoms with Crippen molar-refractivity contribution in [1.29, 1.82) is 0 Å². The summed E-state index contributed by atoms with van der Waals surface area (Å²) < 4.78 is 10.8. The lowest BCUT2D eigenvalue weighted by atomic mass is 10.2. The lowest BCUT2D eigenvalue weighted by Gasteiger charge is -2.10. The van der Waals surface area contributed by atoms with Gasteiger partial charge in [0.15, 0.2) is 0 Å². The summed E-state index contributed by atoms with van der Waals surface area (Å²) in [6.07, 6.45) is 0. The normalized spacial score (nSPS) is 10.2. The lowest BCUT2D eigenvalue weighted by Crippen LogP contribution is -1.96. The van der Waals surface area contributed by atoms with Gasteiger partial charge in [0.05, 0.1) is 12.1 Å². The minimum absolute atomic E-state index is 0.395. The molecule has 0 unspecified atom stereocenters. The number of rotatable bonds is 4. The molecule has 0 heterocycles. The zero-order valence-electron chi connectivity index (χ0n) is 9.82. The van der Waals surface area contributed by atoms with Crippen LogP contribution in [-0.4, -0.2) is 7.11 Å². The van der Waals surface area contributed by atoms with Crippen molar-refractivity contribution in [2.45, 2.75) is 6.61 Å². The van der Waals surface area contributed by atoms with Gasteiger partial charge in [-0.1, -0.05) is 53.5 Å². The van der Waals surface area contributed by atoms with Crippen molar-refractivity contribution in [3.05, 3.63) is 58.1 Å². The summed E-state index contributed by atoms with van der Waals surface area (Å²) in [5.41, 5.74) is 1.09. The lowest BCUT2D eigenvalue weighted by molar-refractivity contribution is 0.303. The fourth-order valence-electron chi connectivity index (χ4n) is 1.51. The van der Waals surface area contributed by atoms with Gasteiger partial charge in [-0.2, -0.15) is 0 Å². The van der Waals surface area contributed by atoms with E-state index in [0.717, 1.165) is 5.56 Å². The molecule has 2 aromatic rings. The molecule has 4 heteroatoms. The van der Waals surface area contributed by atoms with Gasteiger partial charge in [0, 0.05) is 12.1 Å². The van der Waals surface area contributed by atoms with E-state index in [2.05, 4.69) is 0 Å². The van der Waals surface area contributed by atoms with Gasteiger partial charge in [0.25, 0.3) is 0 Å². The molecule has 94 valence electrons. The van der Waals surface area contributed by atoms with E-state index in [0.29, 0.717) is 28.2 Å². The molecule has 0 aliphatic heterocycles. The standard InChI is InChI=1S/C14H12Cl2O2/c1-17-13-8-11(7-12(15)14(13)16)18-9-10-5-3-2-4-6-10/h2-8H,9H2,1H3. The molecule has 0 aromatic heterocycles. The first kappa shape index (κ1) is 13.1. The average molecular weight is 283 g/mol. The highest BCUT2D eigenvalue weighted by Crippen LogP contribution is 2.36. The number of methoxy groups -OCH3 is 1. The van der Waals surface area contributed by atoms with Gasteiger partial charge in [-0.3, -0.25) is 0 Å². The molecule has 0 N–H and O–H groups in total. The molecule has 2 nitrogen and oxygen atoms in total. The smallest absolute Gasteiger partial charge is 0.142 e. The van der Waals surface area contributed by atoms with Crippen molar-refractivity contribution in [1.82, 2.24) is 0 Å². The Morgan fingerprint density at radius 3 is 2.44 bits per heavy atom. The van der Waals surface area contributed by atoms with Crippen molar-refractivity contribution in [3.8, 4) is 11.5 Å². The molecule has 0 saturated heterocycles. The highest BCUT2D eigenvalue weighted by Gasteiger charge is 2.08. The zero-order chi connectivity index (χ0) is 13.0. The van der Waals surface area contributed by atoms with Crippen LogP contribution in [0.1, 0.15) is 5.56 Å². The van der Waals surface area contributed by atoms with Crippen LogP contribution in [0, 0.1) is 0 Å². The van der Waals surface area contributed by atoms with Gasteiger partial charge in [-0.05, 0) is 5.56 Å². The van der Waals surface area contributed by atoms with Crippen LogP contribution in [0.15, 0.2) is 42.5 Å². The number of benzene rings is 2. The zero-order valence-corrected chi connectivity index (χ0v) is 11.3. The van der Waals surface area contributed by atoms with Gasteiger partial charge in [0.1, 0.15) is 23.1 Å². The molecule has 0 aliphatic rings. The van der Waals surface area contributed by atoms with Gasteiger partial charge >= 0.3 is 0 Å². The number of hydrogen-bond donors (Lipinski definition) is 0. The average Bonchev–Trinajstić information content (AvgIpc) is 2.41. The van der Waals surface area contributed by atoms with E-state index in [1.54, 1.807) is 19.2 Å². The number of hydrogen-bond acceptors (Lipinski definition) is 2. The predicted octanol–water partition coefficient (Wildman–Crippen LogP) is 4.58. The van der Waals surface area contributed by atoms with Crippen molar-refractivity contribution in [3.63, 3.8) is 0 Å².